The molecule has 0 fully saturated rings. The molecule has 0 aliphatic carbocycles. The van der Waals surface area contributed by atoms with Gasteiger partial charge >= 0.3 is 0 Å². The molecule has 0 saturated heterocycles. The first-order valence-electron chi connectivity index (χ1n) is 8.96. The van der Waals surface area contributed by atoms with Gasteiger partial charge in [0.05, 0.1) is 42.4 Å². The van der Waals surface area contributed by atoms with Gasteiger partial charge in [-0.3, -0.25) is 0 Å². The summed E-state index contributed by atoms with van der Waals surface area (Å²) in [4.78, 5) is 4.35. The topological polar surface area (TPSA) is 71.4 Å². The minimum Gasteiger partial charge on any atom is -0.248 e. The molecule has 2 rings (SSSR count). The third kappa shape index (κ3) is 4.77. The van der Waals surface area contributed by atoms with Crippen molar-refractivity contribution in [3.05, 3.63) is 27.3 Å². The first-order valence-corrected chi connectivity index (χ1v) is 12.9. The van der Waals surface area contributed by atoms with Crippen molar-refractivity contribution >= 4 is 43.3 Å². The fourth-order valence-corrected chi connectivity index (χ4v) is 7.15. The molecule has 9 heteroatoms. The maximum atomic E-state index is 14.8. The number of hydrogen-bond acceptors (Lipinski definition) is 4. The summed E-state index contributed by atoms with van der Waals surface area (Å²) in [5, 5.41) is 0. The molecule has 0 spiro atoms. The summed E-state index contributed by atoms with van der Waals surface area (Å²) in [6.07, 6.45) is 7.07. The van der Waals surface area contributed by atoms with Crippen molar-refractivity contribution < 1.29 is 12.8 Å². The van der Waals surface area contributed by atoms with Gasteiger partial charge in [0, 0.05) is 6.54 Å². The van der Waals surface area contributed by atoms with Crippen LogP contribution in [-0.4, -0.2) is 35.2 Å². The lowest BCUT2D eigenvalue weighted by Crippen LogP contribution is -2.54. The molecular formula is C19H27FIN3O2S2. The monoisotopic (exact) mass is 539 g/mol. The van der Waals surface area contributed by atoms with E-state index in [1.54, 1.807) is 19.9 Å². The second-order valence-electron chi connectivity index (χ2n) is 8.40. The van der Waals surface area contributed by atoms with Crippen LogP contribution in [0.25, 0.3) is 0 Å². The summed E-state index contributed by atoms with van der Waals surface area (Å²) >= 11 is 1.99. The SMILES string of the molecule is C#C[C@]1(C)CCCN=S1(=O)C[C@](C)(N[S@@](=O)C(C)(C)C)c1nc(I)ccc1F. The molecule has 0 saturated carbocycles. The van der Waals surface area contributed by atoms with Gasteiger partial charge in [0.15, 0.2) is 0 Å². The smallest absolute Gasteiger partial charge is 0.146 e. The van der Waals surface area contributed by atoms with Crippen molar-refractivity contribution in [1.82, 2.24) is 9.71 Å². The molecule has 28 heavy (non-hydrogen) atoms. The van der Waals surface area contributed by atoms with Crippen molar-refractivity contribution in [3.63, 3.8) is 0 Å². The summed E-state index contributed by atoms with van der Waals surface area (Å²) in [6, 6.07) is 2.87. The second-order valence-corrected chi connectivity index (χ2v) is 14.2. The molecule has 1 aliphatic rings. The summed E-state index contributed by atoms with van der Waals surface area (Å²) in [6.45, 7) is 9.31. The normalized spacial score (nSPS) is 28.6. The average molecular weight is 539 g/mol. The summed E-state index contributed by atoms with van der Waals surface area (Å²) < 4.78 is 48.1. The highest BCUT2D eigenvalue weighted by Crippen LogP contribution is 2.36. The summed E-state index contributed by atoms with van der Waals surface area (Å²) in [5.41, 5.74) is -1.21. The highest BCUT2D eigenvalue weighted by molar-refractivity contribution is 14.1. The Morgan fingerprint density at radius 2 is 2.07 bits per heavy atom. The number of hydrogen-bond donors (Lipinski definition) is 1. The van der Waals surface area contributed by atoms with E-state index in [2.05, 4.69) is 20.0 Å². The minimum atomic E-state index is -2.92. The highest BCUT2D eigenvalue weighted by atomic mass is 127. The van der Waals surface area contributed by atoms with Gasteiger partial charge in [-0.2, -0.15) is 0 Å². The number of aromatic nitrogens is 1. The van der Waals surface area contributed by atoms with Crippen LogP contribution < -0.4 is 4.72 Å². The van der Waals surface area contributed by atoms with Crippen LogP contribution in [-0.2, 0) is 26.3 Å². The van der Waals surface area contributed by atoms with E-state index in [0.717, 1.165) is 6.42 Å². The average Bonchev–Trinajstić information content (AvgIpc) is 2.58. The Morgan fingerprint density at radius 3 is 2.64 bits per heavy atom. The molecular weight excluding hydrogens is 512 g/mol. The van der Waals surface area contributed by atoms with Crippen molar-refractivity contribution in [2.75, 3.05) is 12.3 Å². The van der Waals surface area contributed by atoms with Gasteiger partial charge in [-0.05, 0) is 82.2 Å². The number of rotatable bonds is 5. The standard InChI is InChI=1S/C19H27FIN3O2S2/c1-7-18(5)11-8-12-22-28(18,26)13-19(6,24-27(25)17(2,3)4)16-14(20)9-10-15(21)23-16/h1,9-10,24H,8,11-13H2,2-6H3/t18-,19+,27+,28?/m1/s1. The number of nitrogens with zero attached hydrogens (tertiary/aromatic N) is 2. The van der Waals surface area contributed by atoms with Crippen molar-refractivity contribution in [1.29, 1.82) is 0 Å². The minimum absolute atomic E-state index is 0.0693. The Labute approximate surface area is 184 Å². The number of terminal acetylenes is 1. The zero-order valence-corrected chi connectivity index (χ0v) is 20.6. The van der Waals surface area contributed by atoms with E-state index in [0.29, 0.717) is 16.7 Å². The first kappa shape index (κ1) is 23.7. The van der Waals surface area contributed by atoms with Gasteiger partial charge in [0.1, 0.15) is 14.3 Å². The van der Waals surface area contributed by atoms with Gasteiger partial charge in [-0.25, -0.2) is 26.9 Å². The van der Waals surface area contributed by atoms with Crippen molar-refractivity contribution in [2.45, 2.75) is 62.5 Å². The Kier molecular flexibility index (Phi) is 7.01. The zero-order chi connectivity index (χ0) is 21.4. The van der Waals surface area contributed by atoms with Crippen LogP contribution in [0.3, 0.4) is 0 Å². The first-order chi connectivity index (χ1) is 12.8. The zero-order valence-electron chi connectivity index (χ0n) is 16.8. The lowest BCUT2D eigenvalue weighted by molar-refractivity contribution is 0.437. The Bertz CT molecular complexity index is 947. The van der Waals surface area contributed by atoms with Crippen molar-refractivity contribution in [3.8, 4) is 12.3 Å². The maximum absolute atomic E-state index is 14.8. The third-order valence-electron chi connectivity index (χ3n) is 4.81. The van der Waals surface area contributed by atoms with Gasteiger partial charge in [0.25, 0.3) is 0 Å². The van der Waals surface area contributed by atoms with Crippen LogP contribution in [0.4, 0.5) is 4.39 Å². The largest absolute Gasteiger partial charge is 0.248 e. The molecule has 2 heterocycles. The summed E-state index contributed by atoms with van der Waals surface area (Å²) in [7, 11) is -4.47. The third-order valence-corrected chi connectivity index (χ3v) is 10.5. The number of nitrogens with one attached hydrogen (secondary N) is 1. The van der Waals surface area contributed by atoms with Crippen LogP contribution in [0.15, 0.2) is 16.5 Å². The van der Waals surface area contributed by atoms with E-state index in [1.807, 2.05) is 43.4 Å². The molecule has 1 aliphatic heterocycles. The maximum Gasteiger partial charge on any atom is 0.146 e. The van der Waals surface area contributed by atoms with Crippen LogP contribution in [0.1, 0.15) is 53.2 Å². The van der Waals surface area contributed by atoms with Crippen LogP contribution >= 0.6 is 22.6 Å². The second kappa shape index (κ2) is 8.28. The lowest BCUT2D eigenvalue weighted by atomic mass is 10.0. The number of pyridine rings is 1. The van der Waals surface area contributed by atoms with E-state index in [4.69, 9.17) is 6.42 Å². The lowest BCUT2D eigenvalue weighted by Gasteiger charge is -2.39. The molecule has 4 atom stereocenters. The fourth-order valence-electron chi connectivity index (χ4n) is 3.00. The van der Waals surface area contributed by atoms with Crippen LogP contribution in [0, 0.1) is 21.9 Å². The molecule has 0 aromatic carbocycles. The number of halogens is 2. The van der Waals surface area contributed by atoms with E-state index in [1.165, 1.54) is 6.07 Å². The van der Waals surface area contributed by atoms with Gasteiger partial charge in [-0.15, -0.1) is 6.42 Å². The van der Waals surface area contributed by atoms with E-state index < -0.39 is 41.6 Å². The van der Waals surface area contributed by atoms with E-state index in [9.17, 15) is 12.8 Å². The molecule has 0 bridgehead atoms. The molecule has 5 nitrogen and oxygen atoms in total. The summed E-state index contributed by atoms with van der Waals surface area (Å²) in [5.74, 6) is 2.04. The van der Waals surface area contributed by atoms with E-state index >= 15 is 0 Å². The molecule has 1 aromatic rings. The Balaban J connectivity index is 2.64. The molecule has 1 N–H and O–H groups in total. The van der Waals surface area contributed by atoms with Gasteiger partial charge in [-0.1, -0.05) is 5.92 Å². The molecule has 1 aromatic heterocycles. The highest BCUT2D eigenvalue weighted by Gasteiger charge is 2.45. The van der Waals surface area contributed by atoms with E-state index in [-0.39, 0.29) is 11.4 Å². The predicted molar refractivity (Wildman–Crippen MR) is 122 cm³/mol. The molecule has 156 valence electrons. The van der Waals surface area contributed by atoms with Crippen molar-refractivity contribution in [2.24, 2.45) is 4.36 Å². The molecule has 0 radical (unpaired) electrons. The predicted octanol–water partition coefficient (Wildman–Crippen LogP) is 3.75. The van der Waals surface area contributed by atoms with Gasteiger partial charge in [0.2, 0.25) is 0 Å². The molecule has 1 unspecified atom stereocenters. The Morgan fingerprint density at radius 1 is 1.43 bits per heavy atom. The van der Waals surface area contributed by atoms with Gasteiger partial charge < -0.3 is 0 Å². The fraction of sp³-hybridized carbons (Fsp3) is 0.632. The Hall–Kier alpha value is -0.570. The molecule has 0 amide bonds. The van der Waals surface area contributed by atoms with Crippen LogP contribution in [0.5, 0.6) is 0 Å². The quantitative estimate of drug-likeness (QED) is 0.352. The van der Waals surface area contributed by atoms with Crippen LogP contribution in [0.2, 0.25) is 0 Å².